The molecule has 0 fully saturated rings. The number of nitrogens with one attached hydrogen (secondary N) is 2. The van der Waals surface area contributed by atoms with E-state index in [1.54, 1.807) is 25.1 Å². The predicted molar refractivity (Wildman–Crippen MR) is 93.7 cm³/mol. The molecule has 0 bridgehead atoms. The van der Waals surface area contributed by atoms with Crippen molar-refractivity contribution in [2.75, 3.05) is 13.2 Å². The summed E-state index contributed by atoms with van der Waals surface area (Å²) in [6.07, 6.45) is -0.508. The molecule has 0 saturated heterocycles. The van der Waals surface area contributed by atoms with Crippen molar-refractivity contribution in [2.24, 2.45) is 0 Å². The Balaban J connectivity index is 2.27. The minimum Gasteiger partial charge on any atom is -0.493 e. The van der Waals surface area contributed by atoms with Gasteiger partial charge >= 0.3 is 12.0 Å². The highest BCUT2D eigenvalue weighted by Gasteiger charge is 2.19. The predicted octanol–water partition coefficient (Wildman–Crippen LogP) is 2.58. The summed E-state index contributed by atoms with van der Waals surface area (Å²) < 4.78 is 10.6. The van der Waals surface area contributed by atoms with Gasteiger partial charge in [-0.15, -0.1) is 0 Å². The zero-order chi connectivity index (χ0) is 18.8. The standard InChI is InChI=1S/C17H23ClN2O5/c1-4-19-17(23)20-16(22)12(3)25-15(21)6-5-9-24-14-8-7-13(18)10-11(14)2/h7-8,10,12H,4-6,9H2,1-3H3,(H2,19,20,22,23)/t12-/m1/s1. The third-order valence-corrected chi connectivity index (χ3v) is 3.41. The Bertz CT molecular complexity index is 621. The molecule has 25 heavy (non-hydrogen) atoms. The number of urea groups is 1. The molecular weight excluding hydrogens is 348 g/mol. The van der Waals surface area contributed by atoms with Crippen molar-refractivity contribution in [3.05, 3.63) is 28.8 Å². The van der Waals surface area contributed by atoms with Crippen LogP contribution >= 0.6 is 11.6 Å². The lowest BCUT2D eigenvalue weighted by Crippen LogP contribution is -2.44. The molecular formula is C17H23ClN2O5. The van der Waals surface area contributed by atoms with Gasteiger partial charge in [0.25, 0.3) is 5.91 Å². The second-order valence-electron chi connectivity index (χ2n) is 5.34. The summed E-state index contributed by atoms with van der Waals surface area (Å²) in [4.78, 5) is 34.6. The van der Waals surface area contributed by atoms with Crippen molar-refractivity contribution in [2.45, 2.75) is 39.7 Å². The lowest BCUT2D eigenvalue weighted by Gasteiger charge is -2.13. The summed E-state index contributed by atoms with van der Waals surface area (Å²) in [5, 5.41) is 5.13. The summed E-state index contributed by atoms with van der Waals surface area (Å²) in [5.41, 5.74) is 0.908. The Morgan fingerprint density at radius 3 is 2.64 bits per heavy atom. The van der Waals surface area contributed by atoms with Crippen LogP contribution < -0.4 is 15.4 Å². The number of amides is 3. The van der Waals surface area contributed by atoms with Crippen molar-refractivity contribution < 1.29 is 23.9 Å². The molecule has 0 aliphatic rings. The molecule has 1 atom stereocenters. The second-order valence-corrected chi connectivity index (χ2v) is 5.78. The lowest BCUT2D eigenvalue weighted by molar-refractivity contribution is -0.154. The second kappa shape index (κ2) is 10.6. The van der Waals surface area contributed by atoms with Crippen LogP contribution in [0.2, 0.25) is 5.02 Å². The fraction of sp³-hybridized carbons (Fsp3) is 0.471. The maximum absolute atomic E-state index is 11.7. The normalized spacial score (nSPS) is 11.4. The Kier molecular flexibility index (Phi) is 8.77. The molecule has 138 valence electrons. The van der Waals surface area contributed by atoms with Crippen LogP contribution in [0.4, 0.5) is 4.79 Å². The largest absolute Gasteiger partial charge is 0.493 e. The Morgan fingerprint density at radius 1 is 1.28 bits per heavy atom. The smallest absolute Gasteiger partial charge is 0.321 e. The molecule has 8 heteroatoms. The van der Waals surface area contributed by atoms with Crippen LogP contribution in [0.25, 0.3) is 0 Å². The minimum atomic E-state index is -1.05. The number of carbonyl (C=O) groups is 3. The van der Waals surface area contributed by atoms with Crippen LogP contribution in [-0.4, -0.2) is 37.2 Å². The number of ether oxygens (including phenoxy) is 2. The lowest BCUT2D eigenvalue weighted by atomic mass is 10.2. The SMILES string of the molecule is CCNC(=O)NC(=O)[C@@H](C)OC(=O)CCCOc1ccc(Cl)cc1C. The number of carbonyl (C=O) groups excluding carboxylic acids is 3. The molecule has 0 aliphatic heterocycles. The monoisotopic (exact) mass is 370 g/mol. The van der Waals surface area contributed by atoms with E-state index in [-0.39, 0.29) is 6.42 Å². The van der Waals surface area contributed by atoms with Crippen LogP contribution in [0.1, 0.15) is 32.3 Å². The van der Waals surface area contributed by atoms with E-state index in [2.05, 4.69) is 10.6 Å². The maximum atomic E-state index is 11.7. The topological polar surface area (TPSA) is 93.7 Å². The van der Waals surface area contributed by atoms with Crippen LogP contribution in [-0.2, 0) is 14.3 Å². The maximum Gasteiger partial charge on any atom is 0.321 e. The fourth-order valence-electron chi connectivity index (χ4n) is 1.90. The van der Waals surface area contributed by atoms with E-state index in [9.17, 15) is 14.4 Å². The molecule has 0 aliphatic carbocycles. The van der Waals surface area contributed by atoms with Crippen LogP contribution in [0, 0.1) is 6.92 Å². The van der Waals surface area contributed by atoms with Crippen molar-refractivity contribution >= 4 is 29.5 Å². The molecule has 1 aromatic rings. The van der Waals surface area contributed by atoms with Crippen molar-refractivity contribution in [3.8, 4) is 5.75 Å². The number of rotatable bonds is 8. The van der Waals surface area contributed by atoms with Crippen LogP contribution in [0.3, 0.4) is 0 Å². The van der Waals surface area contributed by atoms with Gasteiger partial charge in [0.15, 0.2) is 6.10 Å². The quantitative estimate of drug-likeness (QED) is 0.542. The summed E-state index contributed by atoms with van der Waals surface area (Å²) in [6, 6.07) is 4.67. The van der Waals surface area contributed by atoms with Crippen LogP contribution in [0.5, 0.6) is 5.75 Å². The van der Waals surface area contributed by atoms with Gasteiger partial charge in [-0.25, -0.2) is 4.79 Å². The first kappa shape index (κ1) is 20.8. The molecule has 0 unspecified atom stereocenters. The number of hydrogen-bond donors (Lipinski definition) is 2. The number of aryl methyl sites for hydroxylation is 1. The van der Waals surface area contributed by atoms with E-state index in [4.69, 9.17) is 21.1 Å². The molecule has 0 radical (unpaired) electrons. The highest BCUT2D eigenvalue weighted by atomic mass is 35.5. The number of esters is 1. The third kappa shape index (κ3) is 7.89. The average molecular weight is 371 g/mol. The highest BCUT2D eigenvalue weighted by molar-refractivity contribution is 6.30. The first-order chi connectivity index (χ1) is 11.8. The van der Waals surface area contributed by atoms with E-state index in [0.29, 0.717) is 30.3 Å². The van der Waals surface area contributed by atoms with Crippen molar-refractivity contribution in [1.29, 1.82) is 0 Å². The fourth-order valence-corrected chi connectivity index (χ4v) is 2.13. The van der Waals surface area contributed by atoms with E-state index >= 15 is 0 Å². The molecule has 7 nitrogen and oxygen atoms in total. The molecule has 0 heterocycles. The van der Waals surface area contributed by atoms with Gasteiger partial charge in [-0.05, 0) is 51.0 Å². The van der Waals surface area contributed by atoms with Crippen LogP contribution in [0.15, 0.2) is 18.2 Å². The van der Waals surface area contributed by atoms with Gasteiger partial charge in [0.1, 0.15) is 5.75 Å². The Labute approximate surface area is 152 Å². The molecule has 0 saturated carbocycles. The van der Waals surface area contributed by atoms with Crippen molar-refractivity contribution in [3.63, 3.8) is 0 Å². The van der Waals surface area contributed by atoms with Gasteiger partial charge in [-0.1, -0.05) is 11.6 Å². The zero-order valence-electron chi connectivity index (χ0n) is 14.6. The molecule has 0 aromatic heterocycles. The molecule has 0 spiro atoms. The number of hydrogen-bond acceptors (Lipinski definition) is 5. The van der Waals surface area contributed by atoms with Crippen molar-refractivity contribution in [1.82, 2.24) is 10.6 Å². The third-order valence-electron chi connectivity index (χ3n) is 3.17. The Morgan fingerprint density at radius 2 is 2.00 bits per heavy atom. The highest BCUT2D eigenvalue weighted by Crippen LogP contribution is 2.21. The van der Waals surface area contributed by atoms with E-state index in [1.807, 2.05) is 6.92 Å². The summed E-state index contributed by atoms with van der Waals surface area (Å²) >= 11 is 5.87. The first-order valence-corrected chi connectivity index (χ1v) is 8.38. The van der Waals surface area contributed by atoms with Gasteiger partial charge in [0.2, 0.25) is 0 Å². The first-order valence-electron chi connectivity index (χ1n) is 8.00. The van der Waals surface area contributed by atoms with E-state index in [1.165, 1.54) is 6.92 Å². The molecule has 1 rings (SSSR count). The van der Waals surface area contributed by atoms with Gasteiger partial charge < -0.3 is 14.8 Å². The average Bonchev–Trinajstić information content (AvgIpc) is 2.53. The van der Waals surface area contributed by atoms with E-state index in [0.717, 1.165) is 5.56 Å². The number of imide groups is 1. The summed E-state index contributed by atoms with van der Waals surface area (Å²) in [5.74, 6) is -0.505. The summed E-state index contributed by atoms with van der Waals surface area (Å²) in [7, 11) is 0. The van der Waals surface area contributed by atoms with Gasteiger partial charge in [0.05, 0.1) is 6.61 Å². The minimum absolute atomic E-state index is 0.103. The van der Waals surface area contributed by atoms with Gasteiger partial charge in [-0.2, -0.15) is 0 Å². The zero-order valence-corrected chi connectivity index (χ0v) is 15.3. The number of halogens is 1. The molecule has 2 N–H and O–H groups in total. The summed E-state index contributed by atoms with van der Waals surface area (Å²) in [6.45, 7) is 5.73. The molecule has 1 aromatic carbocycles. The number of benzene rings is 1. The van der Waals surface area contributed by atoms with E-state index < -0.39 is 24.0 Å². The Hall–Kier alpha value is -2.28. The molecule has 3 amide bonds. The van der Waals surface area contributed by atoms with Gasteiger partial charge in [0, 0.05) is 18.0 Å². The van der Waals surface area contributed by atoms with Gasteiger partial charge in [-0.3, -0.25) is 14.9 Å².